The van der Waals surface area contributed by atoms with Crippen LogP contribution in [-0.4, -0.2) is 119 Å². The number of amides is 3. The SMILES string of the molecule is CN1C(=O)C2C(NC(=NCc3ccccc3)N2C[C@H](O)CN2CCN(Cc3ccccc3)CC2)N(C)C1=O. The van der Waals surface area contributed by atoms with Gasteiger partial charge in [0.15, 0.2) is 12.0 Å². The molecule has 2 N–H and O–H groups in total. The Morgan fingerprint density at radius 2 is 1.50 bits per heavy atom. The molecule has 0 bridgehead atoms. The average Bonchev–Trinajstić information content (AvgIpc) is 3.29. The number of benzene rings is 2. The summed E-state index contributed by atoms with van der Waals surface area (Å²) in [6.07, 6.45) is -1.21. The van der Waals surface area contributed by atoms with Crippen molar-refractivity contribution in [1.82, 2.24) is 29.8 Å². The van der Waals surface area contributed by atoms with Gasteiger partial charge in [-0.05, 0) is 11.1 Å². The van der Waals surface area contributed by atoms with Gasteiger partial charge in [0.2, 0.25) is 0 Å². The lowest BCUT2D eigenvalue weighted by Crippen LogP contribution is -2.65. The van der Waals surface area contributed by atoms with Crippen molar-refractivity contribution < 1.29 is 14.7 Å². The monoisotopic (exact) mass is 519 g/mol. The van der Waals surface area contributed by atoms with Crippen molar-refractivity contribution in [2.75, 3.05) is 53.4 Å². The number of hydrogen-bond donors (Lipinski definition) is 2. The summed E-state index contributed by atoms with van der Waals surface area (Å²) >= 11 is 0. The molecule has 10 nitrogen and oxygen atoms in total. The molecule has 3 atom stereocenters. The summed E-state index contributed by atoms with van der Waals surface area (Å²) in [7, 11) is 3.18. The van der Waals surface area contributed by atoms with E-state index in [-0.39, 0.29) is 18.5 Å². The van der Waals surface area contributed by atoms with Gasteiger partial charge in [0.25, 0.3) is 5.91 Å². The van der Waals surface area contributed by atoms with E-state index in [4.69, 9.17) is 4.99 Å². The number of aliphatic hydroxyl groups is 1. The van der Waals surface area contributed by atoms with Crippen LogP contribution in [0.5, 0.6) is 0 Å². The molecule has 2 aromatic carbocycles. The van der Waals surface area contributed by atoms with Crippen molar-refractivity contribution >= 4 is 17.9 Å². The Morgan fingerprint density at radius 3 is 2.16 bits per heavy atom. The molecular weight excluding hydrogens is 482 g/mol. The largest absolute Gasteiger partial charge is 0.390 e. The first-order valence-electron chi connectivity index (χ1n) is 13.2. The zero-order chi connectivity index (χ0) is 26.6. The number of aliphatic imine (C=N–C) groups is 1. The predicted molar refractivity (Wildman–Crippen MR) is 145 cm³/mol. The summed E-state index contributed by atoms with van der Waals surface area (Å²) in [5.74, 6) is 0.233. The predicted octanol–water partition coefficient (Wildman–Crippen LogP) is 0.845. The number of aliphatic hydroxyl groups excluding tert-OH is 1. The number of fused-ring (bicyclic) bond motifs is 1. The van der Waals surface area contributed by atoms with E-state index < -0.39 is 18.3 Å². The highest BCUT2D eigenvalue weighted by molar-refractivity contribution is 6.04. The smallest absolute Gasteiger partial charge is 0.327 e. The lowest BCUT2D eigenvalue weighted by molar-refractivity contribution is -0.136. The molecule has 0 aromatic heterocycles. The third kappa shape index (κ3) is 5.67. The number of nitrogens with one attached hydrogen (secondary N) is 1. The van der Waals surface area contributed by atoms with E-state index in [0.717, 1.165) is 43.2 Å². The van der Waals surface area contributed by atoms with Crippen LogP contribution < -0.4 is 5.32 Å². The first-order chi connectivity index (χ1) is 18.4. The van der Waals surface area contributed by atoms with Crippen LogP contribution in [0.1, 0.15) is 11.1 Å². The summed E-state index contributed by atoms with van der Waals surface area (Å²) in [5, 5.41) is 14.4. The molecule has 3 amide bonds. The number of urea groups is 1. The zero-order valence-corrected chi connectivity index (χ0v) is 22.1. The fraction of sp³-hybridized carbons (Fsp3) is 0.464. The highest BCUT2D eigenvalue weighted by atomic mass is 16.3. The third-order valence-corrected chi connectivity index (χ3v) is 7.62. The van der Waals surface area contributed by atoms with Crippen LogP contribution in [0, 0.1) is 0 Å². The lowest BCUT2D eigenvalue weighted by Gasteiger charge is -2.40. The normalized spacial score (nSPS) is 24.6. The zero-order valence-electron chi connectivity index (χ0n) is 22.1. The number of carbonyl (C=O) groups is 2. The molecule has 10 heteroatoms. The highest BCUT2D eigenvalue weighted by Gasteiger charge is 2.52. The fourth-order valence-electron chi connectivity index (χ4n) is 5.46. The number of carbonyl (C=O) groups excluding carboxylic acids is 2. The van der Waals surface area contributed by atoms with Crippen molar-refractivity contribution in [3.8, 4) is 0 Å². The molecule has 2 aromatic rings. The average molecular weight is 520 g/mol. The first-order valence-corrected chi connectivity index (χ1v) is 13.2. The van der Waals surface area contributed by atoms with Gasteiger partial charge in [-0.1, -0.05) is 60.7 Å². The summed E-state index contributed by atoms with van der Waals surface area (Å²) in [4.78, 5) is 39.8. The van der Waals surface area contributed by atoms with Crippen LogP contribution in [0.25, 0.3) is 0 Å². The van der Waals surface area contributed by atoms with Gasteiger partial charge in [0.05, 0.1) is 12.6 Å². The van der Waals surface area contributed by atoms with Crippen molar-refractivity contribution in [1.29, 1.82) is 0 Å². The maximum absolute atomic E-state index is 13.2. The molecule has 3 aliphatic rings. The first kappa shape index (κ1) is 26.1. The third-order valence-electron chi connectivity index (χ3n) is 7.62. The van der Waals surface area contributed by atoms with Gasteiger partial charge < -0.3 is 20.2 Å². The Kier molecular flexibility index (Phi) is 7.92. The van der Waals surface area contributed by atoms with Crippen molar-refractivity contribution in [2.45, 2.75) is 31.4 Å². The van der Waals surface area contributed by atoms with Crippen LogP contribution in [0.15, 0.2) is 65.7 Å². The lowest BCUT2D eigenvalue weighted by atomic mass is 10.1. The Balaban J connectivity index is 1.24. The van der Waals surface area contributed by atoms with E-state index in [9.17, 15) is 14.7 Å². The Labute approximate surface area is 224 Å². The minimum atomic E-state index is -0.681. The van der Waals surface area contributed by atoms with E-state index >= 15 is 0 Å². The molecule has 0 saturated carbocycles. The van der Waals surface area contributed by atoms with Crippen LogP contribution in [-0.2, 0) is 17.9 Å². The molecule has 3 saturated heterocycles. The standard InChI is InChI=1S/C28H37N7O3/c1-31-25-24(26(37)32(2)28(31)38)35(27(30-25)29-17-21-9-5-3-6-10-21)20-23(36)19-34-15-13-33(14-16-34)18-22-11-7-4-8-12-22/h3-12,23-25,36H,13-20H2,1-2H3,(H,29,30)/t23-,24?,25?/m1/s1. The number of guanidine groups is 1. The molecule has 5 rings (SSSR count). The molecule has 0 spiro atoms. The van der Waals surface area contributed by atoms with Crippen LogP contribution in [0.4, 0.5) is 4.79 Å². The van der Waals surface area contributed by atoms with Gasteiger partial charge in [0, 0.05) is 59.9 Å². The van der Waals surface area contributed by atoms with Gasteiger partial charge in [-0.25, -0.2) is 9.79 Å². The number of likely N-dealkylation sites (N-methyl/N-ethyl adjacent to an activating group) is 2. The summed E-state index contributed by atoms with van der Waals surface area (Å²) in [6.45, 7) is 5.76. The van der Waals surface area contributed by atoms with Crippen LogP contribution in [0.2, 0.25) is 0 Å². The van der Waals surface area contributed by atoms with Crippen molar-refractivity contribution in [3.05, 3.63) is 71.8 Å². The molecule has 0 aliphatic carbocycles. The molecule has 0 radical (unpaired) electrons. The van der Waals surface area contributed by atoms with Crippen LogP contribution in [0.3, 0.4) is 0 Å². The summed E-state index contributed by atoms with van der Waals surface area (Å²) in [5.41, 5.74) is 2.35. The Hall–Kier alpha value is -3.47. The molecule has 3 aliphatic heterocycles. The van der Waals surface area contributed by atoms with Crippen molar-refractivity contribution in [2.24, 2.45) is 4.99 Å². The summed E-state index contributed by atoms with van der Waals surface area (Å²) < 4.78 is 0. The number of hydrogen-bond acceptors (Lipinski definition) is 6. The quantitative estimate of drug-likeness (QED) is 0.534. The Bertz CT molecular complexity index is 1140. The van der Waals surface area contributed by atoms with E-state index in [1.807, 2.05) is 41.3 Å². The molecule has 3 heterocycles. The van der Waals surface area contributed by atoms with Gasteiger partial charge >= 0.3 is 6.03 Å². The van der Waals surface area contributed by atoms with Gasteiger partial charge in [-0.3, -0.25) is 19.5 Å². The minimum absolute atomic E-state index is 0.244. The minimum Gasteiger partial charge on any atom is -0.390 e. The van der Waals surface area contributed by atoms with Gasteiger partial charge in [0.1, 0.15) is 6.17 Å². The maximum atomic E-state index is 13.2. The van der Waals surface area contributed by atoms with E-state index in [2.05, 4.69) is 39.4 Å². The number of rotatable bonds is 8. The molecule has 202 valence electrons. The van der Waals surface area contributed by atoms with Crippen LogP contribution >= 0.6 is 0 Å². The number of piperazine rings is 1. The fourth-order valence-corrected chi connectivity index (χ4v) is 5.46. The number of nitrogens with zero attached hydrogens (tertiary/aromatic N) is 6. The van der Waals surface area contributed by atoms with E-state index in [0.29, 0.717) is 19.0 Å². The second-order valence-electron chi connectivity index (χ2n) is 10.3. The second-order valence-corrected chi connectivity index (χ2v) is 10.3. The second kappa shape index (κ2) is 11.5. The summed E-state index contributed by atoms with van der Waals surface area (Å²) in [6, 6.07) is 19.3. The molecule has 38 heavy (non-hydrogen) atoms. The molecule has 2 unspecified atom stereocenters. The van der Waals surface area contributed by atoms with E-state index in [1.54, 1.807) is 7.05 Å². The molecular formula is C28H37N7O3. The van der Waals surface area contributed by atoms with E-state index in [1.165, 1.54) is 17.5 Å². The van der Waals surface area contributed by atoms with Gasteiger partial charge in [-0.15, -0.1) is 0 Å². The van der Waals surface area contributed by atoms with Crippen molar-refractivity contribution in [3.63, 3.8) is 0 Å². The number of β-amino-alcohol motifs (C(OH)–C–C–N with tert-alkyl or cyclic N) is 1. The maximum Gasteiger partial charge on any atom is 0.327 e. The molecule has 3 fully saturated rings. The topological polar surface area (TPSA) is 95.0 Å². The highest BCUT2D eigenvalue weighted by Crippen LogP contribution is 2.25. The Morgan fingerprint density at radius 1 is 0.895 bits per heavy atom. The number of imide groups is 1. The van der Waals surface area contributed by atoms with Gasteiger partial charge in [-0.2, -0.15) is 0 Å².